The first-order valence-corrected chi connectivity index (χ1v) is 13.3. The van der Waals surface area contributed by atoms with Crippen LogP contribution in [-0.4, -0.2) is 28.2 Å². The van der Waals surface area contributed by atoms with Crippen LogP contribution in [-0.2, 0) is 29.2 Å². The molecular weight excluding hydrogens is 536 g/mol. The van der Waals surface area contributed by atoms with E-state index in [0.717, 1.165) is 11.1 Å². The summed E-state index contributed by atoms with van der Waals surface area (Å²) in [6.45, 7) is 1.02. The molecule has 1 aromatic heterocycles. The Balaban J connectivity index is 0.00000462. The van der Waals surface area contributed by atoms with E-state index in [1.54, 1.807) is 41.2 Å². The summed E-state index contributed by atoms with van der Waals surface area (Å²) in [5, 5.41) is 4.30. The number of carbonyl (C=O) groups is 3. The molecule has 0 unspecified atom stereocenters. The number of hydrazone groups is 1. The number of Topliss-reactive ketones (excluding diaryl/α,β-unsaturated/α-hetero) is 1. The van der Waals surface area contributed by atoms with Crippen molar-refractivity contribution in [3.05, 3.63) is 138 Å². The van der Waals surface area contributed by atoms with Crippen molar-refractivity contribution in [1.82, 2.24) is 10.3 Å². The number of nitrogens with zero attached hydrogens (tertiary/aromatic N) is 3. The van der Waals surface area contributed by atoms with Gasteiger partial charge in [-0.05, 0) is 17.5 Å². The van der Waals surface area contributed by atoms with E-state index < -0.39 is 0 Å². The molecule has 0 saturated heterocycles. The molecule has 1 heterocycles. The van der Waals surface area contributed by atoms with Crippen LogP contribution >= 0.6 is 0 Å². The number of halogens is 1. The topological polar surface area (TPSA) is 82.7 Å². The van der Waals surface area contributed by atoms with E-state index in [0.29, 0.717) is 24.4 Å². The van der Waals surface area contributed by atoms with Gasteiger partial charge in [-0.2, -0.15) is 9.67 Å². The molecule has 0 aliphatic heterocycles. The van der Waals surface area contributed by atoms with Gasteiger partial charge in [0.25, 0.3) is 0 Å². The number of benzene rings is 3. The minimum atomic E-state index is -0.318. The number of pyridine rings is 1. The van der Waals surface area contributed by atoms with Gasteiger partial charge in [-0.15, -0.1) is 0 Å². The standard InChI is InChI=1S/C33H32N4O3.ClH/c38-31(29-17-9-3-10-18-29)23-30(34-35-32(39)26-36-21-11-4-12-22-36)19-20-33(40)37(24-27-13-5-1-6-14-27)25-28-15-7-2-8-16-28;/h1-18,21-22H,19-20,23-26H2;1H/b34-30+;. The van der Waals surface area contributed by atoms with Gasteiger partial charge in [0.2, 0.25) is 12.5 Å². The Hall–Kier alpha value is -4.62. The molecule has 0 saturated carbocycles. The summed E-state index contributed by atoms with van der Waals surface area (Å²) in [4.78, 5) is 40.8. The van der Waals surface area contributed by atoms with Gasteiger partial charge in [0, 0.05) is 42.9 Å². The first-order valence-electron chi connectivity index (χ1n) is 13.3. The third-order valence-electron chi connectivity index (χ3n) is 6.32. The number of ketones is 1. The molecule has 0 bridgehead atoms. The van der Waals surface area contributed by atoms with Gasteiger partial charge >= 0.3 is 5.91 Å². The van der Waals surface area contributed by atoms with Crippen LogP contribution in [0.1, 0.15) is 40.7 Å². The second-order valence-electron chi connectivity index (χ2n) is 9.45. The zero-order chi connectivity index (χ0) is 28.0. The number of nitrogens with one attached hydrogen (secondary N) is 1. The van der Waals surface area contributed by atoms with Crippen LogP contribution in [0, 0.1) is 0 Å². The SMILES string of the molecule is O=C(C[n+]1ccccc1)N/N=C(\CCC(=O)N(Cc1ccccc1)Cc1ccccc1)CC(=O)c1ccccc1.[Cl-]. The average molecular weight is 569 g/mol. The highest BCUT2D eigenvalue weighted by Crippen LogP contribution is 2.14. The van der Waals surface area contributed by atoms with Crippen LogP contribution in [0.4, 0.5) is 0 Å². The van der Waals surface area contributed by atoms with Gasteiger partial charge in [0.1, 0.15) is 0 Å². The van der Waals surface area contributed by atoms with Crippen LogP contribution < -0.4 is 22.4 Å². The predicted molar refractivity (Wildman–Crippen MR) is 154 cm³/mol. The Labute approximate surface area is 246 Å². The molecule has 0 aliphatic rings. The maximum Gasteiger partial charge on any atom is 0.305 e. The smallest absolute Gasteiger partial charge is 0.305 e. The Kier molecular flexibility index (Phi) is 12.4. The summed E-state index contributed by atoms with van der Waals surface area (Å²) >= 11 is 0. The van der Waals surface area contributed by atoms with E-state index in [1.807, 2.05) is 89.8 Å². The lowest BCUT2D eigenvalue weighted by molar-refractivity contribution is -0.684. The first kappa shape index (κ1) is 30.9. The predicted octanol–water partition coefficient (Wildman–Crippen LogP) is 1.73. The molecule has 2 amide bonds. The molecule has 3 aromatic carbocycles. The van der Waals surface area contributed by atoms with Crippen molar-refractivity contribution in [2.75, 3.05) is 0 Å². The highest BCUT2D eigenvalue weighted by Gasteiger charge is 2.18. The Morgan fingerprint density at radius 1 is 0.683 bits per heavy atom. The van der Waals surface area contributed by atoms with Gasteiger partial charge in [-0.1, -0.05) is 97.1 Å². The van der Waals surface area contributed by atoms with Gasteiger partial charge in [-0.3, -0.25) is 14.4 Å². The number of rotatable bonds is 13. The number of aromatic nitrogens is 1. The van der Waals surface area contributed by atoms with Gasteiger partial charge < -0.3 is 17.3 Å². The highest BCUT2D eigenvalue weighted by atomic mass is 35.5. The highest BCUT2D eigenvalue weighted by molar-refractivity contribution is 6.10. The third-order valence-corrected chi connectivity index (χ3v) is 6.32. The number of amides is 2. The number of hydrogen-bond donors (Lipinski definition) is 1. The molecule has 0 fully saturated rings. The zero-order valence-electron chi connectivity index (χ0n) is 22.7. The Morgan fingerprint density at radius 2 is 1.20 bits per heavy atom. The molecule has 0 aliphatic carbocycles. The van der Waals surface area contributed by atoms with Crippen molar-refractivity contribution in [2.24, 2.45) is 5.10 Å². The summed E-state index contributed by atoms with van der Waals surface area (Å²) < 4.78 is 1.73. The normalized spacial score (nSPS) is 10.8. The number of carbonyl (C=O) groups excluding carboxylic acids is 3. The van der Waals surface area contributed by atoms with Crippen LogP contribution in [0.15, 0.2) is 127 Å². The summed E-state index contributed by atoms with van der Waals surface area (Å²) in [6, 6.07) is 34.2. The summed E-state index contributed by atoms with van der Waals surface area (Å²) in [7, 11) is 0. The molecule has 1 N–H and O–H groups in total. The van der Waals surface area contributed by atoms with Crippen molar-refractivity contribution >= 4 is 23.3 Å². The fraction of sp³-hybridized carbons (Fsp3) is 0.182. The molecule has 7 nitrogen and oxygen atoms in total. The number of hydrogen-bond acceptors (Lipinski definition) is 4. The summed E-state index contributed by atoms with van der Waals surface area (Å²) in [6.07, 6.45) is 3.99. The largest absolute Gasteiger partial charge is 1.00 e. The molecule has 0 spiro atoms. The molecule has 8 heteroatoms. The average Bonchev–Trinajstić information content (AvgIpc) is 3.00. The quantitative estimate of drug-likeness (QED) is 0.115. The van der Waals surface area contributed by atoms with Crippen molar-refractivity contribution in [3.8, 4) is 0 Å². The molecule has 210 valence electrons. The molecular formula is C33H33ClN4O3. The van der Waals surface area contributed by atoms with E-state index in [1.165, 1.54) is 0 Å². The van der Waals surface area contributed by atoms with Crippen molar-refractivity contribution in [1.29, 1.82) is 0 Å². The van der Waals surface area contributed by atoms with Gasteiger partial charge in [0.05, 0.1) is 6.42 Å². The molecule has 0 atom stereocenters. The van der Waals surface area contributed by atoms with E-state index in [9.17, 15) is 14.4 Å². The first-order chi connectivity index (χ1) is 19.6. The van der Waals surface area contributed by atoms with E-state index >= 15 is 0 Å². The van der Waals surface area contributed by atoms with E-state index in [2.05, 4.69) is 10.5 Å². The van der Waals surface area contributed by atoms with Crippen molar-refractivity contribution in [2.45, 2.75) is 38.9 Å². The van der Waals surface area contributed by atoms with Gasteiger partial charge in [-0.25, -0.2) is 5.43 Å². The van der Waals surface area contributed by atoms with Crippen molar-refractivity contribution in [3.63, 3.8) is 0 Å². The lowest BCUT2D eigenvalue weighted by atomic mass is 10.0. The summed E-state index contributed by atoms with van der Waals surface area (Å²) in [5.74, 6) is -0.496. The fourth-order valence-electron chi connectivity index (χ4n) is 4.23. The zero-order valence-corrected chi connectivity index (χ0v) is 23.5. The maximum absolute atomic E-state index is 13.5. The lowest BCUT2D eigenvalue weighted by Gasteiger charge is -2.23. The second-order valence-corrected chi connectivity index (χ2v) is 9.45. The fourth-order valence-corrected chi connectivity index (χ4v) is 4.23. The summed E-state index contributed by atoms with van der Waals surface area (Å²) in [5.41, 5.74) is 5.65. The molecule has 41 heavy (non-hydrogen) atoms. The Morgan fingerprint density at radius 3 is 1.76 bits per heavy atom. The second kappa shape index (κ2) is 16.5. The maximum atomic E-state index is 13.5. The monoisotopic (exact) mass is 568 g/mol. The van der Waals surface area contributed by atoms with Crippen LogP contribution in [0.2, 0.25) is 0 Å². The lowest BCUT2D eigenvalue weighted by Crippen LogP contribution is -3.00. The van der Waals surface area contributed by atoms with E-state index in [4.69, 9.17) is 0 Å². The minimum absolute atomic E-state index is 0. The van der Waals surface area contributed by atoms with Gasteiger partial charge in [0.15, 0.2) is 18.2 Å². The van der Waals surface area contributed by atoms with Crippen LogP contribution in [0.5, 0.6) is 0 Å². The molecule has 4 rings (SSSR count). The molecule has 0 radical (unpaired) electrons. The van der Waals surface area contributed by atoms with Crippen LogP contribution in [0.3, 0.4) is 0 Å². The third kappa shape index (κ3) is 10.5. The van der Waals surface area contributed by atoms with Crippen LogP contribution in [0.25, 0.3) is 0 Å². The van der Waals surface area contributed by atoms with E-state index in [-0.39, 0.29) is 55.8 Å². The van der Waals surface area contributed by atoms with Crippen molar-refractivity contribution < 1.29 is 31.4 Å². The molecule has 4 aromatic rings. The Bertz CT molecular complexity index is 1370. The minimum Gasteiger partial charge on any atom is -1.00 e.